The van der Waals surface area contributed by atoms with E-state index in [1.165, 1.54) is 32.4 Å². The lowest BCUT2D eigenvalue weighted by Crippen LogP contribution is -2.43. The monoisotopic (exact) mass is 198 g/mol. The first-order chi connectivity index (χ1) is 6.83. The van der Waals surface area contributed by atoms with Crippen molar-refractivity contribution in [3.05, 3.63) is 0 Å². The highest BCUT2D eigenvalue weighted by atomic mass is 16.3. The molecular formula is C11H22N2O. The maximum absolute atomic E-state index is 9.27. The molecule has 14 heavy (non-hydrogen) atoms. The summed E-state index contributed by atoms with van der Waals surface area (Å²) in [7, 11) is 0. The summed E-state index contributed by atoms with van der Waals surface area (Å²) >= 11 is 0. The van der Waals surface area contributed by atoms with E-state index < -0.39 is 0 Å². The number of hydrogen-bond donors (Lipinski definition) is 2. The summed E-state index contributed by atoms with van der Waals surface area (Å²) in [6.07, 6.45) is 3.74. The van der Waals surface area contributed by atoms with Gasteiger partial charge in [-0.1, -0.05) is 0 Å². The summed E-state index contributed by atoms with van der Waals surface area (Å²) < 4.78 is 0. The van der Waals surface area contributed by atoms with Gasteiger partial charge >= 0.3 is 0 Å². The van der Waals surface area contributed by atoms with Gasteiger partial charge in [0.25, 0.3) is 0 Å². The van der Waals surface area contributed by atoms with E-state index >= 15 is 0 Å². The van der Waals surface area contributed by atoms with Gasteiger partial charge < -0.3 is 10.4 Å². The van der Waals surface area contributed by atoms with Crippen molar-refractivity contribution in [3.8, 4) is 0 Å². The van der Waals surface area contributed by atoms with Gasteiger partial charge in [-0.3, -0.25) is 4.90 Å². The lowest BCUT2D eigenvalue weighted by molar-refractivity contribution is 0.100. The Kier molecular flexibility index (Phi) is 3.42. The molecule has 3 nitrogen and oxygen atoms in total. The second-order valence-corrected chi connectivity index (χ2v) is 4.71. The van der Waals surface area contributed by atoms with Crippen LogP contribution < -0.4 is 5.32 Å². The number of aliphatic hydroxyl groups is 1. The largest absolute Gasteiger partial charge is 0.395 e. The predicted molar refractivity (Wildman–Crippen MR) is 57.3 cm³/mol. The molecule has 2 aliphatic heterocycles. The molecule has 0 saturated carbocycles. The number of hydrogen-bond acceptors (Lipinski definition) is 3. The van der Waals surface area contributed by atoms with E-state index in [9.17, 15) is 5.11 Å². The first-order valence-corrected chi connectivity index (χ1v) is 5.90. The molecule has 82 valence electrons. The van der Waals surface area contributed by atoms with Gasteiger partial charge in [0, 0.05) is 12.1 Å². The van der Waals surface area contributed by atoms with Crippen molar-refractivity contribution in [1.29, 1.82) is 0 Å². The second kappa shape index (κ2) is 4.60. The summed E-state index contributed by atoms with van der Waals surface area (Å²) in [6.45, 7) is 6.18. The van der Waals surface area contributed by atoms with Gasteiger partial charge in [0.1, 0.15) is 0 Å². The molecule has 0 radical (unpaired) electrons. The Hall–Kier alpha value is -0.120. The first-order valence-electron chi connectivity index (χ1n) is 5.90. The smallest absolute Gasteiger partial charge is 0.0586 e. The van der Waals surface area contributed by atoms with Crippen LogP contribution in [0.1, 0.15) is 26.2 Å². The molecule has 2 unspecified atom stereocenters. The minimum Gasteiger partial charge on any atom is -0.395 e. The minimum atomic E-state index is 0.338. The third kappa shape index (κ3) is 1.95. The number of likely N-dealkylation sites (tertiary alicyclic amines) is 1. The van der Waals surface area contributed by atoms with Crippen LogP contribution in [0.4, 0.5) is 0 Å². The van der Waals surface area contributed by atoms with Crippen LogP contribution in [0.15, 0.2) is 0 Å². The molecule has 0 amide bonds. The zero-order valence-corrected chi connectivity index (χ0v) is 9.08. The maximum atomic E-state index is 9.27. The van der Waals surface area contributed by atoms with Crippen molar-refractivity contribution in [2.75, 3.05) is 26.2 Å². The van der Waals surface area contributed by atoms with Crippen molar-refractivity contribution in [3.63, 3.8) is 0 Å². The minimum absolute atomic E-state index is 0.338. The van der Waals surface area contributed by atoms with Crippen molar-refractivity contribution in [2.45, 2.75) is 38.3 Å². The van der Waals surface area contributed by atoms with E-state index in [4.69, 9.17) is 0 Å². The molecule has 0 aromatic carbocycles. The van der Waals surface area contributed by atoms with Gasteiger partial charge in [0.15, 0.2) is 0 Å². The quantitative estimate of drug-likeness (QED) is 0.691. The number of nitrogens with one attached hydrogen (secondary N) is 1. The molecule has 0 aromatic heterocycles. The van der Waals surface area contributed by atoms with E-state index in [-0.39, 0.29) is 0 Å². The summed E-state index contributed by atoms with van der Waals surface area (Å²) in [4.78, 5) is 2.51. The number of aliphatic hydroxyl groups excluding tert-OH is 1. The Balaban J connectivity index is 1.92. The van der Waals surface area contributed by atoms with Crippen LogP contribution in [-0.4, -0.2) is 48.3 Å². The Morgan fingerprint density at radius 1 is 1.50 bits per heavy atom. The van der Waals surface area contributed by atoms with E-state index in [1.54, 1.807) is 0 Å². The lowest BCUT2D eigenvalue weighted by Gasteiger charge is -2.33. The highest BCUT2D eigenvalue weighted by Crippen LogP contribution is 2.25. The van der Waals surface area contributed by atoms with E-state index in [2.05, 4.69) is 17.1 Å². The fraction of sp³-hybridized carbons (Fsp3) is 1.00. The molecule has 2 saturated heterocycles. The fourth-order valence-electron chi connectivity index (χ4n) is 2.95. The molecule has 2 heterocycles. The molecule has 0 aliphatic carbocycles. The lowest BCUT2D eigenvalue weighted by atomic mass is 9.98. The van der Waals surface area contributed by atoms with Crippen LogP contribution in [0.5, 0.6) is 0 Å². The van der Waals surface area contributed by atoms with Crippen molar-refractivity contribution < 1.29 is 5.11 Å². The van der Waals surface area contributed by atoms with Crippen LogP contribution in [0.3, 0.4) is 0 Å². The maximum Gasteiger partial charge on any atom is 0.0586 e. The Morgan fingerprint density at radius 2 is 2.36 bits per heavy atom. The van der Waals surface area contributed by atoms with Crippen LogP contribution in [0.25, 0.3) is 0 Å². The van der Waals surface area contributed by atoms with Crippen LogP contribution in [0.2, 0.25) is 0 Å². The summed E-state index contributed by atoms with van der Waals surface area (Å²) in [5.41, 5.74) is 0. The molecule has 0 aromatic rings. The first kappa shape index (κ1) is 10.4. The predicted octanol–water partition coefficient (Wildman–Crippen LogP) is 0.441. The molecule has 2 fully saturated rings. The summed E-state index contributed by atoms with van der Waals surface area (Å²) in [6, 6.07) is 1.08. The summed E-state index contributed by atoms with van der Waals surface area (Å²) in [5.74, 6) is 0.794. The zero-order valence-electron chi connectivity index (χ0n) is 9.08. The van der Waals surface area contributed by atoms with Crippen LogP contribution in [0, 0.1) is 5.92 Å². The van der Waals surface area contributed by atoms with E-state index in [0.717, 1.165) is 12.5 Å². The molecule has 2 rings (SSSR count). The molecule has 0 spiro atoms. The molecular weight excluding hydrogens is 176 g/mol. The number of rotatable bonds is 3. The normalized spacial score (nSPS) is 36.4. The van der Waals surface area contributed by atoms with Gasteiger partial charge in [0.05, 0.1) is 6.61 Å². The topological polar surface area (TPSA) is 35.5 Å². The van der Waals surface area contributed by atoms with E-state index in [0.29, 0.717) is 18.7 Å². The highest BCUT2D eigenvalue weighted by Gasteiger charge is 2.32. The van der Waals surface area contributed by atoms with Gasteiger partial charge in [-0.15, -0.1) is 0 Å². The average Bonchev–Trinajstić information content (AvgIpc) is 2.87. The van der Waals surface area contributed by atoms with E-state index in [1.807, 2.05) is 0 Å². The number of nitrogens with zero attached hydrogens (tertiary/aromatic N) is 1. The average molecular weight is 198 g/mol. The van der Waals surface area contributed by atoms with Crippen LogP contribution in [-0.2, 0) is 0 Å². The van der Waals surface area contributed by atoms with Crippen LogP contribution >= 0.6 is 0 Å². The molecule has 2 aliphatic rings. The van der Waals surface area contributed by atoms with Gasteiger partial charge in [-0.25, -0.2) is 0 Å². The Bertz CT molecular complexity index is 180. The molecule has 0 bridgehead atoms. The van der Waals surface area contributed by atoms with Crippen molar-refractivity contribution >= 4 is 0 Å². The van der Waals surface area contributed by atoms with Gasteiger partial charge in [-0.05, 0) is 51.7 Å². The molecule has 3 heteroatoms. The van der Waals surface area contributed by atoms with Gasteiger partial charge in [-0.2, -0.15) is 0 Å². The zero-order chi connectivity index (χ0) is 9.97. The molecule has 2 N–H and O–H groups in total. The van der Waals surface area contributed by atoms with Gasteiger partial charge in [0.2, 0.25) is 0 Å². The van der Waals surface area contributed by atoms with Crippen molar-refractivity contribution in [2.24, 2.45) is 5.92 Å². The summed E-state index contributed by atoms with van der Waals surface area (Å²) in [5, 5.41) is 12.7. The van der Waals surface area contributed by atoms with Crippen molar-refractivity contribution in [1.82, 2.24) is 10.2 Å². The second-order valence-electron chi connectivity index (χ2n) is 4.71. The molecule has 3 atom stereocenters. The third-order valence-electron chi connectivity index (χ3n) is 3.94. The highest BCUT2D eigenvalue weighted by molar-refractivity contribution is 4.88. The standard InChI is InChI=1S/C11H22N2O/c1-9(10-4-5-12-7-10)13-6-2-3-11(13)8-14/h9-12,14H,2-8H2,1H3/t9?,10?,11-/m0/s1. The Labute approximate surface area is 86.5 Å². The SMILES string of the molecule is CC(C1CCNC1)N1CCC[C@H]1CO. The Morgan fingerprint density at radius 3 is 3.00 bits per heavy atom. The third-order valence-corrected chi connectivity index (χ3v) is 3.94. The fourth-order valence-corrected chi connectivity index (χ4v) is 2.95.